The quantitative estimate of drug-likeness (QED) is 0.288. The van der Waals surface area contributed by atoms with Crippen LogP contribution in [0.4, 0.5) is 0 Å². The molecule has 1 amide bonds. The fourth-order valence-electron chi connectivity index (χ4n) is 4.50. The third-order valence-corrected chi connectivity index (χ3v) is 8.19. The first-order valence-corrected chi connectivity index (χ1v) is 13.1. The molecule has 2 rings (SSSR count). The summed E-state index contributed by atoms with van der Waals surface area (Å²) in [5.74, 6) is -0.438. The number of carboxylic acid groups (broad SMARTS) is 1. The topological polar surface area (TPSA) is 113 Å². The minimum absolute atomic E-state index is 0.0751. The van der Waals surface area contributed by atoms with Gasteiger partial charge in [-0.05, 0) is 44.4 Å². The van der Waals surface area contributed by atoms with E-state index in [-0.39, 0.29) is 42.8 Å². The Morgan fingerprint density at radius 1 is 1.13 bits per heavy atom. The van der Waals surface area contributed by atoms with Crippen molar-refractivity contribution in [1.82, 2.24) is 9.62 Å². The van der Waals surface area contributed by atoms with Gasteiger partial charge in [0.1, 0.15) is 0 Å². The summed E-state index contributed by atoms with van der Waals surface area (Å²) in [6, 6.07) is 0. The number of carboxylic acids is 1. The number of sulfonamides is 1. The van der Waals surface area contributed by atoms with E-state index in [9.17, 15) is 18.0 Å². The Balaban J connectivity index is 1.77. The molecule has 0 aromatic rings. The van der Waals surface area contributed by atoms with Crippen LogP contribution < -0.4 is 5.32 Å². The average molecular weight is 459 g/mol. The highest BCUT2D eigenvalue weighted by Crippen LogP contribution is 2.44. The Kier molecular flexibility index (Phi) is 10.4. The first-order chi connectivity index (χ1) is 14.7. The van der Waals surface area contributed by atoms with Gasteiger partial charge in [-0.15, -0.1) is 0 Å². The number of hydrogen-bond acceptors (Lipinski definition) is 5. The number of fused-ring (bicyclic) bond motifs is 2. The maximum atomic E-state index is 12.4. The first-order valence-electron chi connectivity index (χ1n) is 11.5. The number of rotatable bonds is 15. The van der Waals surface area contributed by atoms with E-state index in [1.807, 2.05) is 13.0 Å². The van der Waals surface area contributed by atoms with Crippen molar-refractivity contribution in [2.45, 2.75) is 76.9 Å². The largest absolute Gasteiger partial charge is 0.481 e. The van der Waals surface area contributed by atoms with E-state index in [0.717, 1.165) is 42.8 Å². The van der Waals surface area contributed by atoms with E-state index in [4.69, 9.17) is 9.84 Å². The number of carbonyl (C=O) groups is 2. The van der Waals surface area contributed by atoms with Gasteiger partial charge in [0.15, 0.2) is 0 Å². The molecule has 9 heteroatoms. The van der Waals surface area contributed by atoms with Crippen molar-refractivity contribution in [1.29, 1.82) is 0 Å². The summed E-state index contributed by atoms with van der Waals surface area (Å²) in [7, 11) is -1.95. The zero-order valence-electron chi connectivity index (χ0n) is 18.8. The molecule has 2 aliphatic rings. The third kappa shape index (κ3) is 8.20. The van der Waals surface area contributed by atoms with Crippen molar-refractivity contribution in [2.24, 2.45) is 11.8 Å². The molecule has 0 aliphatic carbocycles. The van der Waals surface area contributed by atoms with Gasteiger partial charge in [-0.2, -0.15) is 4.31 Å². The molecule has 0 saturated carbocycles. The van der Waals surface area contributed by atoms with Crippen molar-refractivity contribution < 1.29 is 27.9 Å². The molecule has 8 nitrogen and oxygen atoms in total. The maximum absolute atomic E-state index is 12.4. The molecule has 178 valence electrons. The van der Waals surface area contributed by atoms with Gasteiger partial charge in [0.05, 0.1) is 24.5 Å². The fourth-order valence-corrected chi connectivity index (χ4v) is 5.70. The standard InChI is InChI=1S/C22H38N2O6S/c1-3-4-9-14-31(28,29)24(2)16-21(25)23-15-18-17(19-12-13-20(18)30-19)10-7-5-6-8-11-22(26)27/h5,7,17-20H,3-4,6,8-16H2,1-2H3,(H,23,25)(H,26,27)/t17-,18+,19-,20+/m1/s1. The molecule has 4 atom stereocenters. The lowest BCUT2D eigenvalue weighted by Gasteiger charge is -2.27. The minimum atomic E-state index is -3.41. The summed E-state index contributed by atoms with van der Waals surface area (Å²) in [4.78, 5) is 22.9. The monoisotopic (exact) mass is 458 g/mol. The Bertz CT molecular complexity index is 724. The Morgan fingerprint density at radius 2 is 1.84 bits per heavy atom. The average Bonchev–Trinajstić information content (AvgIpc) is 3.30. The molecule has 0 aromatic carbocycles. The Hall–Kier alpha value is -1.45. The van der Waals surface area contributed by atoms with Crippen molar-refractivity contribution in [3.8, 4) is 0 Å². The second kappa shape index (κ2) is 12.6. The smallest absolute Gasteiger partial charge is 0.303 e. The van der Waals surface area contributed by atoms with Crippen LogP contribution in [0.2, 0.25) is 0 Å². The summed E-state index contributed by atoms with van der Waals surface area (Å²) in [6.07, 6.45) is 11.3. The SMILES string of the molecule is CCCCCS(=O)(=O)N(C)CC(=O)NC[C@H]1[C@@H](CC=CCCCC(=O)O)[C@H]2CC[C@@H]1O2. The van der Waals surface area contributed by atoms with E-state index < -0.39 is 16.0 Å². The zero-order valence-corrected chi connectivity index (χ0v) is 19.6. The van der Waals surface area contributed by atoms with Gasteiger partial charge in [0, 0.05) is 25.9 Å². The van der Waals surface area contributed by atoms with Crippen LogP contribution in [0.3, 0.4) is 0 Å². The van der Waals surface area contributed by atoms with Crippen LogP contribution in [0, 0.1) is 11.8 Å². The molecule has 2 fully saturated rings. The molecule has 0 unspecified atom stereocenters. The molecule has 0 spiro atoms. The van der Waals surface area contributed by atoms with Gasteiger partial charge in [0.2, 0.25) is 15.9 Å². The molecule has 2 heterocycles. The van der Waals surface area contributed by atoms with E-state index >= 15 is 0 Å². The number of amides is 1. The van der Waals surface area contributed by atoms with E-state index in [1.165, 1.54) is 7.05 Å². The van der Waals surface area contributed by atoms with Crippen LogP contribution in [0.1, 0.15) is 64.7 Å². The predicted octanol–water partition coefficient (Wildman–Crippen LogP) is 2.55. The van der Waals surface area contributed by atoms with Crippen molar-refractivity contribution >= 4 is 21.9 Å². The van der Waals surface area contributed by atoms with Crippen molar-refractivity contribution in [3.63, 3.8) is 0 Å². The van der Waals surface area contributed by atoms with Crippen molar-refractivity contribution in [3.05, 3.63) is 12.2 Å². The zero-order chi connectivity index (χ0) is 22.9. The molecule has 31 heavy (non-hydrogen) atoms. The third-order valence-electron chi connectivity index (χ3n) is 6.31. The van der Waals surface area contributed by atoms with Crippen LogP contribution in [-0.2, 0) is 24.3 Å². The number of carbonyl (C=O) groups excluding carboxylic acids is 1. The normalized spacial score (nSPS) is 25.5. The molecule has 0 radical (unpaired) electrons. The number of unbranched alkanes of at least 4 members (excludes halogenated alkanes) is 3. The predicted molar refractivity (Wildman–Crippen MR) is 119 cm³/mol. The van der Waals surface area contributed by atoms with Gasteiger partial charge >= 0.3 is 5.97 Å². The van der Waals surface area contributed by atoms with Crippen LogP contribution in [0.5, 0.6) is 0 Å². The number of aliphatic carboxylic acids is 1. The number of nitrogens with one attached hydrogen (secondary N) is 1. The number of nitrogens with zero attached hydrogens (tertiary/aromatic N) is 1. The maximum Gasteiger partial charge on any atom is 0.303 e. The first kappa shape index (κ1) is 25.8. The number of hydrogen-bond donors (Lipinski definition) is 2. The molecule has 2 bridgehead atoms. The molecule has 2 aliphatic heterocycles. The lowest BCUT2D eigenvalue weighted by atomic mass is 9.77. The summed E-state index contributed by atoms with van der Waals surface area (Å²) in [5, 5.41) is 11.6. The molecule has 0 aromatic heterocycles. The van der Waals surface area contributed by atoms with E-state index in [2.05, 4.69) is 11.4 Å². The van der Waals surface area contributed by atoms with E-state index in [1.54, 1.807) is 0 Å². The molecule has 2 saturated heterocycles. The van der Waals surface area contributed by atoms with Crippen molar-refractivity contribution in [2.75, 3.05) is 25.9 Å². The minimum Gasteiger partial charge on any atom is -0.481 e. The highest BCUT2D eigenvalue weighted by molar-refractivity contribution is 7.89. The van der Waals surface area contributed by atoms with E-state index in [0.29, 0.717) is 25.3 Å². The summed E-state index contributed by atoms with van der Waals surface area (Å²) in [6.45, 7) is 2.34. The van der Waals surface area contributed by atoms with Crippen LogP contribution in [0.25, 0.3) is 0 Å². The van der Waals surface area contributed by atoms with Gasteiger partial charge in [-0.25, -0.2) is 8.42 Å². The number of allylic oxidation sites excluding steroid dienone is 2. The Labute approximate surface area is 186 Å². The van der Waals surface area contributed by atoms with Crippen LogP contribution in [0.15, 0.2) is 12.2 Å². The lowest BCUT2D eigenvalue weighted by Crippen LogP contribution is -2.43. The van der Waals surface area contributed by atoms with Crippen LogP contribution >= 0.6 is 0 Å². The number of ether oxygens (including phenoxy) is 1. The summed E-state index contributed by atoms with van der Waals surface area (Å²) in [5.41, 5.74) is 0. The van der Waals surface area contributed by atoms with Gasteiger partial charge in [-0.1, -0.05) is 31.9 Å². The summed E-state index contributed by atoms with van der Waals surface area (Å²) >= 11 is 0. The van der Waals surface area contributed by atoms with Crippen LogP contribution in [-0.4, -0.2) is 67.8 Å². The van der Waals surface area contributed by atoms with Gasteiger partial charge in [-0.3, -0.25) is 9.59 Å². The Morgan fingerprint density at radius 3 is 2.52 bits per heavy atom. The summed E-state index contributed by atoms with van der Waals surface area (Å²) < 4.78 is 31.8. The lowest BCUT2D eigenvalue weighted by molar-refractivity contribution is -0.137. The molecular weight excluding hydrogens is 420 g/mol. The van der Waals surface area contributed by atoms with Gasteiger partial charge in [0.25, 0.3) is 0 Å². The second-order valence-electron chi connectivity index (χ2n) is 8.69. The second-order valence-corrected chi connectivity index (χ2v) is 10.9. The molecular formula is C22H38N2O6S. The molecule has 2 N–H and O–H groups in total. The van der Waals surface area contributed by atoms with Gasteiger partial charge < -0.3 is 15.2 Å². The highest BCUT2D eigenvalue weighted by atomic mass is 32.2. The fraction of sp³-hybridized carbons (Fsp3) is 0.818. The highest BCUT2D eigenvalue weighted by Gasteiger charge is 2.48. The number of likely N-dealkylation sites (N-methyl/N-ethyl adjacent to an activating group) is 1.